The summed E-state index contributed by atoms with van der Waals surface area (Å²) < 4.78 is 4.89. The normalized spacial score (nSPS) is 11.1. The molecule has 2 aromatic carbocycles. The van der Waals surface area contributed by atoms with Crippen LogP contribution in [0.5, 0.6) is 0 Å². The second-order valence-electron chi connectivity index (χ2n) is 4.72. The number of anilines is 1. The van der Waals surface area contributed by atoms with Crippen LogP contribution in [0.2, 0.25) is 0 Å². The van der Waals surface area contributed by atoms with Crippen molar-refractivity contribution >= 4 is 33.4 Å². The van der Waals surface area contributed by atoms with Crippen LogP contribution >= 0.6 is 0 Å². The van der Waals surface area contributed by atoms with Crippen molar-refractivity contribution < 1.29 is 9.53 Å². The van der Waals surface area contributed by atoms with Crippen LogP contribution in [0, 0.1) is 0 Å². The van der Waals surface area contributed by atoms with Gasteiger partial charge in [-0.25, -0.2) is 0 Å². The van der Waals surface area contributed by atoms with Gasteiger partial charge >= 0.3 is 0 Å². The number of methoxy groups -OCH3 is 1. The number of benzene rings is 2. The fourth-order valence-corrected chi connectivity index (χ4v) is 2.35. The molecule has 0 atom stereocenters. The molecule has 0 aliphatic rings. The number of carbonyl (C=O) groups is 1. The average molecular weight is 268 g/mol. The molecule has 0 aliphatic heterocycles. The zero-order valence-electron chi connectivity index (χ0n) is 11.3. The molecule has 4 heteroatoms. The fourth-order valence-electron chi connectivity index (χ4n) is 2.35. The maximum atomic E-state index is 11.7. The van der Waals surface area contributed by atoms with Crippen LogP contribution in [-0.4, -0.2) is 24.6 Å². The van der Waals surface area contributed by atoms with Gasteiger partial charge in [-0.1, -0.05) is 24.3 Å². The van der Waals surface area contributed by atoms with Gasteiger partial charge in [0.15, 0.2) is 0 Å². The van der Waals surface area contributed by atoms with Crippen molar-refractivity contribution in [3.05, 3.63) is 42.5 Å². The van der Waals surface area contributed by atoms with Crippen molar-refractivity contribution in [3.8, 4) is 0 Å². The van der Waals surface area contributed by atoms with Crippen LogP contribution in [0.4, 0.5) is 5.69 Å². The second-order valence-corrected chi connectivity index (χ2v) is 4.72. The first-order valence-electron chi connectivity index (χ1n) is 6.57. The molecule has 1 aromatic heterocycles. The molecule has 102 valence electrons. The first-order valence-corrected chi connectivity index (χ1v) is 6.57. The lowest BCUT2D eigenvalue weighted by Crippen LogP contribution is -2.13. The molecule has 0 fully saturated rings. The first kappa shape index (κ1) is 12.7. The minimum absolute atomic E-state index is 0.0395. The van der Waals surface area contributed by atoms with E-state index in [9.17, 15) is 4.79 Å². The number of para-hydroxylation sites is 1. The number of hydrogen-bond donors (Lipinski definition) is 2. The van der Waals surface area contributed by atoms with Crippen molar-refractivity contribution in [2.45, 2.75) is 6.42 Å². The summed E-state index contributed by atoms with van der Waals surface area (Å²) in [6.07, 6.45) is 0.362. The van der Waals surface area contributed by atoms with Crippen LogP contribution in [0.1, 0.15) is 6.42 Å². The van der Waals surface area contributed by atoms with Crippen LogP contribution in [0.15, 0.2) is 42.5 Å². The SMILES string of the molecule is COCCC(=O)Nc1ccc2c(c1)[nH]c1ccccc12. The van der Waals surface area contributed by atoms with Crippen molar-refractivity contribution in [2.75, 3.05) is 19.0 Å². The highest BCUT2D eigenvalue weighted by Gasteiger charge is 2.06. The molecule has 0 bridgehead atoms. The van der Waals surface area contributed by atoms with Gasteiger partial charge in [-0.3, -0.25) is 4.79 Å². The molecule has 0 aliphatic carbocycles. The molecule has 3 aromatic rings. The van der Waals surface area contributed by atoms with E-state index in [4.69, 9.17) is 4.74 Å². The molecular weight excluding hydrogens is 252 g/mol. The summed E-state index contributed by atoms with van der Waals surface area (Å²) in [5, 5.41) is 5.23. The smallest absolute Gasteiger partial charge is 0.226 e. The van der Waals surface area contributed by atoms with Crippen LogP contribution in [0.3, 0.4) is 0 Å². The van der Waals surface area contributed by atoms with Gasteiger partial charge < -0.3 is 15.0 Å². The van der Waals surface area contributed by atoms with E-state index in [0.717, 1.165) is 22.1 Å². The summed E-state index contributed by atoms with van der Waals surface area (Å²) >= 11 is 0. The Labute approximate surface area is 116 Å². The molecule has 0 saturated carbocycles. The van der Waals surface area contributed by atoms with Gasteiger partial charge in [0.2, 0.25) is 5.91 Å². The van der Waals surface area contributed by atoms with Gasteiger partial charge in [0.1, 0.15) is 0 Å². The lowest BCUT2D eigenvalue weighted by molar-refractivity contribution is -0.117. The summed E-state index contributed by atoms with van der Waals surface area (Å²) in [4.78, 5) is 15.0. The summed E-state index contributed by atoms with van der Waals surface area (Å²) in [5.41, 5.74) is 2.92. The van der Waals surface area contributed by atoms with E-state index in [2.05, 4.69) is 16.4 Å². The van der Waals surface area contributed by atoms with Crippen molar-refractivity contribution in [3.63, 3.8) is 0 Å². The number of amides is 1. The molecule has 0 unspecified atom stereocenters. The van der Waals surface area contributed by atoms with Gasteiger partial charge in [0.05, 0.1) is 13.0 Å². The zero-order chi connectivity index (χ0) is 13.9. The van der Waals surface area contributed by atoms with E-state index in [1.807, 2.05) is 36.4 Å². The standard InChI is InChI=1S/C16H16N2O2/c1-20-9-8-16(19)17-11-6-7-13-12-4-2-3-5-14(12)18-15(13)10-11/h2-7,10,18H,8-9H2,1H3,(H,17,19). The Morgan fingerprint density at radius 3 is 2.80 bits per heavy atom. The van der Waals surface area contributed by atoms with E-state index in [1.54, 1.807) is 7.11 Å². The van der Waals surface area contributed by atoms with Crippen molar-refractivity contribution in [1.29, 1.82) is 0 Å². The average Bonchev–Trinajstić information content (AvgIpc) is 2.82. The quantitative estimate of drug-likeness (QED) is 0.762. The Morgan fingerprint density at radius 1 is 1.15 bits per heavy atom. The largest absolute Gasteiger partial charge is 0.384 e. The van der Waals surface area contributed by atoms with Gasteiger partial charge in [0, 0.05) is 34.6 Å². The van der Waals surface area contributed by atoms with Gasteiger partial charge in [-0.2, -0.15) is 0 Å². The number of nitrogens with one attached hydrogen (secondary N) is 2. The third-order valence-electron chi connectivity index (χ3n) is 3.32. The second kappa shape index (κ2) is 5.35. The highest BCUT2D eigenvalue weighted by molar-refractivity contribution is 6.08. The minimum Gasteiger partial charge on any atom is -0.384 e. The number of H-pyrrole nitrogens is 1. The Balaban J connectivity index is 1.91. The Kier molecular flexibility index (Phi) is 3.39. The minimum atomic E-state index is -0.0395. The number of aromatic nitrogens is 1. The van der Waals surface area contributed by atoms with E-state index >= 15 is 0 Å². The molecule has 1 amide bonds. The van der Waals surface area contributed by atoms with Crippen LogP contribution in [-0.2, 0) is 9.53 Å². The number of ether oxygens (including phenoxy) is 1. The predicted octanol–water partition coefficient (Wildman–Crippen LogP) is 3.30. The highest BCUT2D eigenvalue weighted by atomic mass is 16.5. The predicted molar refractivity (Wildman–Crippen MR) is 80.9 cm³/mol. The molecule has 2 N–H and O–H groups in total. The van der Waals surface area contributed by atoms with Crippen molar-refractivity contribution in [1.82, 2.24) is 4.98 Å². The highest BCUT2D eigenvalue weighted by Crippen LogP contribution is 2.27. The van der Waals surface area contributed by atoms with E-state index in [-0.39, 0.29) is 5.91 Å². The van der Waals surface area contributed by atoms with E-state index in [0.29, 0.717) is 13.0 Å². The maximum absolute atomic E-state index is 11.7. The number of aromatic amines is 1. The summed E-state index contributed by atoms with van der Waals surface area (Å²) in [6, 6.07) is 14.1. The summed E-state index contributed by atoms with van der Waals surface area (Å²) in [6.45, 7) is 0.431. The molecule has 3 rings (SSSR count). The zero-order valence-corrected chi connectivity index (χ0v) is 11.3. The lowest BCUT2D eigenvalue weighted by atomic mass is 10.1. The molecule has 0 radical (unpaired) electrons. The summed E-state index contributed by atoms with van der Waals surface area (Å²) in [5.74, 6) is -0.0395. The van der Waals surface area contributed by atoms with Gasteiger partial charge in [-0.15, -0.1) is 0 Å². The number of rotatable bonds is 4. The fraction of sp³-hybridized carbons (Fsp3) is 0.188. The number of carbonyl (C=O) groups excluding carboxylic acids is 1. The maximum Gasteiger partial charge on any atom is 0.226 e. The Hall–Kier alpha value is -2.33. The van der Waals surface area contributed by atoms with Crippen LogP contribution < -0.4 is 5.32 Å². The molecule has 0 saturated heterocycles. The van der Waals surface area contributed by atoms with Crippen molar-refractivity contribution in [2.24, 2.45) is 0 Å². The first-order chi connectivity index (χ1) is 9.78. The molecule has 4 nitrogen and oxygen atoms in total. The molecule has 1 heterocycles. The number of fused-ring (bicyclic) bond motifs is 3. The third-order valence-corrected chi connectivity index (χ3v) is 3.32. The van der Waals surface area contributed by atoms with E-state index in [1.165, 1.54) is 5.39 Å². The Bertz CT molecular complexity index is 761. The van der Waals surface area contributed by atoms with Crippen LogP contribution in [0.25, 0.3) is 21.8 Å². The monoisotopic (exact) mass is 268 g/mol. The Morgan fingerprint density at radius 2 is 1.95 bits per heavy atom. The number of hydrogen-bond acceptors (Lipinski definition) is 2. The summed E-state index contributed by atoms with van der Waals surface area (Å²) in [7, 11) is 1.59. The lowest BCUT2D eigenvalue weighted by Gasteiger charge is -2.04. The van der Waals surface area contributed by atoms with Gasteiger partial charge in [-0.05, 0) is 18.2 Å². The van der Waals surface area contributed by atoms with Gasteiger partial charge in [0.25, 0.3) is 0 Å². The molecule has 0 spiro atoms. The van der Waals surface area contributed by atoms with E-state index < -0.39 is 0 Å². The molecular formula is C16H16N2O2. The topological polar surface area (TPSA) is 54.1 Å². The molecule has 20 heavy (non-hydrogen) atoms. The third kappa shape index (κ3) is 2.38.